The molecule has 10 heteroatoms. The number of ether oxygens (including phenoxy) is 1. The first-order chi connectivity index (χ1) is 19.3. The Hall–Kier alpha value is -4.96. The van der Waals surface area contributed by atoms with Crippen molar-refractivity contribution in [3.8, 4) is 11.1 Å². The van der Waals surface area contributed by atoms with E-state index in [0.29, 0.717) is 34.3 Å². The number of nitrogens with zero attached hydrogens (tertiary/aromatic N) is 3. The SMILES string of the molecule is CN(C)CCOC(=O)c1c(-c2ccc[nH]c2=O)c2c3occc3c(F)cc2n1Cc1cc(N)nc2ccccc12. The Bertz CT molecular complexity index is 1970. The van der Waals surface area contributed by atoms with Crippen molar-refractivity contribution in [2.24, 2.45) is 0 Å². The molecule has 0 saturated heterocycles. The number of anilines is 1. The molecule has 0 saturated carbocycles. The number of hydrogen-bond donors (Lipinski definition) is 2. The van der Waals surface area contributed by atoms with Crippen molar-refractivity contribution >= 4 is 44.6 Å². The predicted octanol–water partition coefficient (Wildman–Crippen LogP) is 4.78. The van der Waals surface area contributed by atoms with Crippen molar-refractivity contribution in [1.29, 1.82) is 0 Å². The third-order valence-corrected chi connectivity index (χ3v) is 6.92. The minimum absolute atomic E-state index is 0.105. The Morgan fingerprint density at radius 1 is 1.15 bits per heavy atom. The number of nitrogens with one attached hydrogen (secondary N) is 1. The van der Waals surface area contributed by atoms with Gasteiger partial charge in [0.15, 0.2) is 0 Å². The monoisotopic (exact) mass is 539 g/mol. The Balaban J connectivity index is 1.70. The van der Waals surface area contributed by atoms with E-state index in [1.54, 1.807) is 22.8 Å². The molecule has 202 valence electrons. The summed E-state index contributed by atoms with van der Waals surface area (Å²) >= 11 is 0. The molecule has 0 aliphatic carbocycles. The summed E-state index contributed by atoms with van der Waals surface area (Å²) in [5.41, 5.74) is 8.42. The summed E-state index contributed by atoms with van der Waals surface area (Å²) in [7, 11) is 3.74. The number of likely N-dealkylation sites (N-methyl/N-ethyl adjacent to an activating group) is 1. The molecule has 0 aliphatic heterocycles. The molecule has 0 fully saturated rings. The number of furan rings is 1. The second kappa shape index (κ2) is 9.97. The summed E-state index contributed by atoms with van der Waals surface area (Å²) in [6.45, 7) is 0.738. The average Bonchev–Trinajstić information content (AvgIpc) is 3.53. The highest BCUT2D eigenvalue weighted by Gasteiger charge is 2.30. The molecule has 9 nitrogen and oxygen atoms in total. The first kappa shape index (κ1) is 25.3. The zero-order valence-electron chi connectivity index (χ0n) is 21.9. The van der Waals surface area contributed by atoms with Gasteiger partial charge in [-0.25, -0.2) is 14.2 Å². The number of pyridine rings is 2. The molecule has 0 radical (unpaired) electrons. The number of nitrogen functional groups attached to an aromatic ring is 1. The number of aromatic nitrogens is 3. The van der Waals surface area contributed by atoms with Gasteiger partial charge in [0.25, 0.3) is 5.56 Å². The van der Waals surface area contributed by atoms with Crippen LogP contribution < -0.4 is 11.3 Å². The van der Waals surface area contributed by atoms with Gasteiger partial charge >= 0.3 is 5.97 Å². The summed E-state index contributed by atoms with van der Waals surface area (Å²) in [5.74, 6) is -0.863. The van der Waals surface area contributed by atoms with Crippen LogP contribution >= 0.6 is 0 Å². The molecule has 0 amide bonds. The van der Waals surface area contributed by atoms with E-state index in [2.05, 4.69) is 9.97 Å². The van der Waals surface area contributed by atoms with Crippen LogP contribution in [0.2, 0.25) is 0 Å². The van der Waals surface area contributed by atoms with E-state index in [4.69, 9.17) is 14.9 Å². The molecule has 3 N–H and O–H groups in total. The first-order valence-electron chi connectivity index (χ1n) is 12.7. The van der Waals surface area contributed by atoms with Gasteiger partial charge in [0, 0.05) is 30.2 Å². The first-order valence-corrected chi connectivity index (χ1v) is 12.7. The van der Waals surface area contributed by atoms with Gasteiger partial charge in [-0.1, -0.05) is 18.2 Å². The third kappa shape index (κ3) is 4.28. The Kier molecular flexibility index (Phi) is 6.31. The van der Waals surface area contributed by atoms with Crippen LogP contribution in [-0.4, -0.2) is 52.7 Å². The quantitative estimate of drug-likeness (QED) is 0.280. The fourth-order valence-corrected chi connectivity index (χ4v) is 5.12. The Morgan fingerprint density at radius 3 is 2.77 bits per heavy atom. The average molecular weight is 540 g/mol. The maximum Gasteiger partial charge on any atom is 0.355 e. The van der Waals surface area contributed by atoms with Crippen LogP contribution in [0.1, 0.15) is 16.1 Å². The van der Waals surface area contributed by atoms with Crippen LogP contribution in [0.25, 0.3) is 43.9 Å². The number of fused-ring (bicyclic) bond motifs is 4. The van der Waals surface area contributed by atoms with Crippen molar-refractivity contribution in [3.63, 3.8) is 0 Å². The molecule has 0 spiro atoms. The molecular formula is C30H26FN5O4. The van der Waals surface area contributed by atoms with Crippen LogP contribution in [-0.2, 0) is 11.3 Å². The smallest absolute Gasteiger partial charge is 0.355 e. The minimum atomic E-state index is -0.650. The van der Waals surface area contributed by atoms with Gasteiger partial charge in [-0.15, -0.1) is 0 Å². The lowest BCUT2D eigenvalue weighted by Crippen LogP contribution is -2.22. The molecule has 0 bridgehead atoms. The number of carbonyl (C=O) groups excluding carboxylic acids is 1. The van der Waals surface area contributed by atoms with Crippen LogP contribution in [0, 0.1) is 5.82 Å². The number of rotatable bonds is 7. The number of para-hydroxylation sites is 1. The summed E-state index contributed by atoms with van der Waals surface area (Å²) < 4.78 is 28.5. The van der Waals surface area contributed by atoms with Gasteiger partial charge in [-0.05, 0) is 56.1 Å². The second-order valence-corrected chi connectivity index (χ2v) is 9.80. The van der Waals surface area contributed by atoms with Crippen LogP contribution in [0.3, 0.4) is 0 Å². The van der Waals surface area contributed by atoms with E-state index < -0.39 is 17.3 Å². The largest absolute Gasteiger partial charge is 0.463 e. The Morgan fingerprint density at radius 2 is 1.98 bits per heavy atom. The molecule has 0 atom stereocenters. The van der Waals surface area contributed by atoms with Gasteiger partial charge in [0.1, 0.15) is 29.5 Å². The molecule has 6 rings (SSSR count). The molecule has 4 aromatic heterocycles. The third-order valence-electron chi connectivity index (χ3n) is 6.92. The number of halogens is 1. The maximum absolute atomic E-state index is 15.4. The predicted molar refractivity (Wildman–Crippen MR) is 152 cm³/mol. The highest BCUT2D eigenvalue weighted by Crippen LogP contribution is 2.41. The van der Waals surface area contributed by atoms with Gasteiger partial charge in [-0.2, -0.15) is 0 Å². The number of H-pyrrole nitrogens is 1. The molecule has 0 unspecified atom stereocenters. The van der Waals surface area contributed by atoms with Crippen LogP contribution in [0.15, 0.2) is 76.3 Å². The van der Waals surface area contributed by atoms with E-state index in [1.807, 2.05) is 43.3 Å². The summed E-state index contributed by atoms with van der Waals surface area (Å²) in [6.07, 6.45) is 2.89. The van der Waals surface area contributed by atoms with E-state index in [0.717, 1.165) is 10.9 Å². The number of aromatic amines is 1. The van der Waals surface area contributed by atoms with Crippen molar-refractivity contribution in [1.82, 2.24) is 19.4 Å². The highest BCUT2D eigenvalue weighted by molar-refractivity contribution is 6.17. The lowest BCUT2D eigenvalue weighted by molar-refractivity contribution is 0.0471. The van der Waals surface area contributed by atoms with Crippen molar-refractivity contribution < 1.29 is 18.3 Å². The maximum atomic E-state index is 15.4. The van der Waals surface area contributed by atoms with Crippen LogP contribution in [0.5, 0.6) is 0 Å². The molecular weight excluding hydrogens is 513 g/mol. The molecule has 0 aliphatic rings. The number of nitrogens with two attached hydrogens (primary N) is 1. The molecule has 4 heterocycles. The zero-order valence-corrected chi connectivity index (χ0v) is 21.9. The normalized spacial score (nSPS) is 11.7. The van der Waals surface area contributed by atoms with Gasteiger partial charge in [0.2, 0.25) is 0 Å². The van der Waals surface area contributed by atoms with Gasteiger partial charge in [0.05, 0.1) is 33.6 Å². The topological polar surface area (TPSA) is 119 Å². The van der Waals surface area contributed by atoms with Gasteiger partial charge < -0.3 is 29.3 Å². The lowest BCUT2D eigenvalue weighted by atomic mass is 10.0. The molecule has 40 heavy (non-hydrogen) atoms. The Labute approximate surface area is 227 Å². The van der Waals surface area contributed by atoms with E-state index in [-0.39, 0.29) is 35.4 Å². The van der Waals surface area contributed by atoms with E-state index in [1.165, 1.54) is 24.6 Å². The van der Waals surface area contributed by atoms with Crippen LogP contribution in [0.4, 0.5) is 10.2 Å². The molecule has 2 aromatic carbocycles. The van der Waals surface area contributed by atoms with E-state index >= 15 is 4.39 Å². The molecule has 6 aromatic rings. The number of carbonyl (C=O) groups is 1. The standard InChI is InChI=1S/C30H26FN5O4/c1-35(2)11-13-40-30(38)27-25(20-7-5-10-33-29(20)37)26-23(15-21(31)19-9-12-39-28(19)26)36(27)16-17-14-24(32)34-22-8-4-3-6-18(17)22/h3-10,12,14-15H,11,13,16H2,1-2H3,(H2,32,34)(H,33,37). The number of esters is 1. The fraction of sp³-hybridized carbons (Fsp3) is 0.167. The van der Waals surface area contributed by atoms with Crippen molar-refractivity contribution in [3.05, 3.63) is 94.5 Å². The minimum Gasteiger partial charge on any atom is -0.463 e. The van der Waals surface area contributed by atoms with Crippen molar-refractivity contribution in [2.75, 3.05) is 33.0 Å². The second-order valence-electron chi connectivity index (χ2n) is 9.80. The summed E-state index contributed by atoms with van der Waals surface area (Å²) in [4.78, 5) is 36.0. The summed E-state index contributed by atoms with van der Waals surface area (Å²) in [5, 5.41) is 1.50. The van der Waals surface area contributed by atoms with E-state index in [9.17, 15) is 9.59 Å². The number of hydrogen-bond acceptors (Lipinski definition) is 7. The fourth-order valence-electron chi connectivity index (χ4n) is 5.12. The number of benzene rings is 2. The van der Waals surface area contributed by atoms with Crippen molar-refractivity contribution in [2.45, 2.75) is 6.54 Å². The zero-order chi connectivity index (χ0) is 28.0. The van der Waals surface area contributed by atoms with Gasteiger partial charge in [-0.3, -0.25) is 4.79 Å². The lowest BCUT2D eigenvalue weighted by Gasteiger charge is -2.15. The highest BCUT2D eigenvalue weighted by atomic mass is 19.1. The summed E-state index contributed by atoms with van der Waals surface area (Å²) in [6, 6.07) is 15.4.